The van der Waals surface area contributed by atoms with Crippen molar-refractivity contribution in [2.24, 2.45) is 0 Å². The molecule has 3 N–H and O–H groups in total. The average Bonchev–Trinajstić information content (AvgIpc) is 3.35. The second kappa shape index (κ2) is 6.64. The number of ether oxygens (including phenoxy) is 1. The Balaban J connectivity index is 1.27. The lowest BCUT2D eigenvalue weighted by Gasteiger charge is -2.38. The highest BCUT2D eigenvalue weighted by Gasteiger charge is 2.42. The van der Waals surface area contributed by atoms with E-state index in [1.807, 2.05) is 0 Å². The summed E-state index contributed by atoms with van der Waals surface area (Å²) in [4.78, 5) is 14.2. The lowest BCUT2D eigenvalue weighted by molar-refractivity contribution is -0.0542. The Morgan fingerprint density at radius 2 is 2.24 bits per heavy atom. The Hall–Kier alpha value is -2.13. The van der Waals surface area contributed by atoms with Crippen molar-refractivity contribution in [1.29, 1.82) is 0 Å². The number of nitrogens with two attached hydrogens (primary N) is 1. The Morgan fingerprint density at radius 1 is 1.40 bits per heavy atom. The van der Waals surface area contributed by atoms with Crippen LogP contribution in [0.2, 0.25) is 0 Å². The Kier molecular flexibility index (Phi) is 4.34. The summed E-state index contributed by atoms with van der Waals surface area (Å²) in [6, 6.07) is 3.36. The van der Waals surface area contributed by atoms with Gasteiger partial charge in [-0.3, -0.25) is 4.79 Å². The van der Waals surface area contributed by atoms with Gasteiger partial charge in [-0.15, -0.1) is 10.2 Å². The predicted molar refractivity (Wildman–Crippen MR) is 93.6 cm³/mol. The van der Waals surface area contributed by atoms with E-state index >= 15 is 0 Å². The van der Waals surface area contributed by atoms with Crippen LogP contribution < -0.4 is 16.0 Å². The number of anilines is 2. The third-order valence-electron chi connectivity index (χ3n) is 4.95. The van der Waals surface area contributed by atoms with Crippen LogP contribution in [0.15, 0.2) is 22.8 Å². The van der Waals surface area contributed by atoms with Gasteiger partial charge in [-0.2, -0.15) is 0 Å². The molecule has 1 amide bonds. The summed E-state index contributed by atoms with van der Waals surface area (Å²) < 4.78 is 11.4. The lowest BCUT2D eigenvalue weighted by Crippen LogP contribution is -2.45. The normalized spacial score (nSPS) is 22.4. The lowest BCUT2D eigenvalue weighted by atomic mass is 9.89. The van der Waals surface area contributed by atoms with Crippen molar-refractivity contribution >= 4 is 27.5 Å². The Morgan fingerprint density at radius 3 is 2.92 bits per heavy atom. The Bertz CT molecular complexity index is 724. The highest BCUT2D eigenvalue weighted by Crippen LogP contribution is 2.40. The molecular weight excluding hydrogens is 342 g/mol. The fourth-order valence-electron chi connectivity index (χ4n) is 3.57. The first kappa shape index (κ1) is 16.3. The van der Waals surface area contributed by atoms with Gasteiger partial charge in [0.1, 0.15) is 0 Å². The van der Waals surface area contributed by atoms with Crippen LogP contribution in [-0.2, 0) is 4.74 Å². The van der Waals surface area contributed by atoms with Gasteiger partial charge < -0.3 is 25.1 Å². The number of amides is 1. The van der Waals surface area contributed by atoms with Crippen molar-refractivity contribution < 1.29 is 13.9 Å². The number of furan rings is 1. The zero-order valence-electron chi connectivity index (χ0n) is 13.8. The van der Waals surface area contributed by atoms with Crippen LogP contribution in [-0.4, -0.2) is 47.4 Å². The smallest absolute Gasteiger partial charge is 0.287 e. The largest absolute Gasteiger partial charge is 0.459 e. The van der Waals surface area contributed by atoms with E-state index in [4.69, 9.17) is 14.9 Å². The third kappa shape index (κ3) is 3.47. The molecule has 0 bridgehead atoms. The van der Waals surface area contributed by atoms with Gasteiger partial charge in [0.15, 0.2) is 5.76 Å². The molecule has 2 aromatic heterocycles. The van der Waals surface area contributed by atoms with Crippen molar-refractivity contribution in [3.05, 3.63) is 24.2 Å². The molecule has 2 aliphatic rings. The van der Waals surface area contributed by atoms with Gasteiger partial charge in [0.05, 0.1) is 18.0 Å². The maximum atomic E-state index is 11.9. The number of hydrogen-bond donors (Lipinski definition) is 2. The summed E-state index contributed by atoms with van der Waals surface area (Å²) in [6.45, 7) is 2.29. The van der Waals surface area contributed by atoms with E-state index in [1.54, 1.807) is 12.1 Å². The molecule has 2 aliphatic heterocycles. The van der Waals surface area contributed by atoms with Crippen LogP contribution >= 0.6 is 11.3 Å². The van der Waals surface area contributed by atoms with Crippen LogP contribution in [0.5, 0.6) is 0 Å². The molecule has 4 heterocycles. The van der Waals surface area contributed by atoms with E-state index in [2.05, 4.69) is 20.4 Å². The van der Waals surface area contributed by atoms with E-state index < -0.39 is 0 Å². The highest BCUT2D eigenvalue weighted by molar-refractivity contribution is 7.18. The van der Waals surface area contributed by atoms with E-state index in [9.17, 15) is 4.79 Å². The predicted octanol–water partition coefficient (Wildman–Crippen LogP) is 1.66. The van der Waals surface area contributed by atoms with Gasteiger partial charge in [0.25, 0.3) is 5.91 Å². The van der Waals surface area contributed by atoms with Crippen molar-refractivity contribution in [2.75, 3.05) is 30.3 Å². The average molecular weight is 363 g/mol. The van der Waals surface area contributed by atoms with Crippen molar-refractivity contribution in [3.63, 3.8) is 0 Å². The number of carbonyl (C=O) groups is 1. The fourth-order valence-corrected chi connectivity index (χ4v) is 4.23. The number of nitrogen functional groups attached to an aromatic ring is 1. The first-order valence-corrected chi connectivity index (χ1v) is 9.29. The first-order chi connectivity index (χ1) is 12.1. The summed E-state index contributed by atoms with van der Waals surface area (Å²) in [7, 11) is 0. The van der Waals surface area contributed by atoms with Gasteiger partial charge in [0, 0.05) is 19.6 Å². The molecule has 0 aliphatic carbocycles. The molecule has 1 spiro atoms. The first-order valence-electron chi connectivity index (χ1n) is 8.47. The van der Waals surface area contributed by atoms with E-state index in [0.717, 1.165) is 43.9 Å². The molecule has 1 atom stereocenters. The van der Waals surface area contributed by atoms with Crippen molar-refractivity contribution in [3.8, 4) is 0 Å². The van der Waals surface area contributed by atoms with Gasteiger partial charge in [0.2, 0.25) is 10.3 Å². The van der Waals surface area contributed by atoms with Gasteiger partial charge >= 0.3 is 0 Å². The van der Waals surface area contributed by atoms with Crippen LogP contribution in [0.4, 0.5) is 10.3 Å². The molecule has 4 rings (SSSR count). The minimum absolute atomic E-state index is 0.0580. The molecule has 2 fully saturated rings. The second-order valence-electron chi connectivity index (χ2n) is 6.56. The summed E-state index contributed by atoms with van der Waals surface area (Å²) in [5.41, 5.74) is 5.59. The maximum absolute atomic E-state index is 11.9. The number of hydrogen-bond acceptors (Lipinski definition) is 8. The van der Waals surface area contributed by atoms with E-state index in [-0.39, 0.29) is 17.6 Å². The quantitative estimate of drug-likeness (QED) is 0.851. The molecular formula is C16H21N5O3S. The van der Waals surface area contributed by atoms with Gasteiger partial charge in [-0.1, -0.05) is 11.3 Å². The maximum Gasteiger partial charge on any atom is 0.287 e. The van der Waals surface area contributed by atoms with E-state index in [0.29, 0.717) is 17.4 Å². The number of carbonyl (C=O) groups excluding carboxylic acids is 1. The van der Waals surface area contributed by atoms with Crippen LogP contribution in [0.1, 0.15) is 36.2 Å². The standard InChI is InChI=1S/C16H21N5O3S/c17-14-19-20-15(25-14)21-7-5-16(6-8-21)4-3-11(24-16)10-18-13(22)12-2-1-9-23-12/h1-2,9,11H,3-8,10H2,(H2,17,19)(H,18,22). The highest BCUT2D eigenvalue weighted by atomic mass is 32.1. The molecule has 2 aromatic rings. The topological polar surface area (TPSA) is 107 Å². The van der Waals surface area contributed by atoms with E-state index in [1.165, 1.54) is 17.6 Å². The van der Waals surface area contributed by atoms with Crippen LogP contribution in [0, 0.1) is 0 Å². The molecule has 2 saturated heterocycles. The SMILES string of the molecule is Nc1nnc(N2CCC3(CCC(CNC(=O)c4ccco4)O3)CC2)s1. The summed E-state index contributed by atoms with van der Waals surface area (Å²) in [5, 5.41) is 12.3. The van der Waals surface area contributed by atoms with Gasteiger partial charge in [-0.25, -0.2) is 0 Å². The van der Waals surface area contributed by atoms with Crippen LogP contribution in [0.25, 0.3) is 0 Å². The third-order valence-corrected chi connectivity index (χ3v) is 5.76. The molecule has 1 unspecified atom stereocenters. The molecule has 25 heavy (non-hydrogen) atoms. The number of nitrogens with one attached hydrogen (secondary N) is 1. The zero-order valence-corrected chi connectivity index (χ0v) is 14.6. The molecule has 9 heteroatoms. The molecule has 8 nitrogen and oxygen atoms in total. The van der Waals surface area contributed by atoms with Crippen molar-refractivity contribution in [2.45, 2.75) is 37.4 Å². The number of piperidine rings is 1. The Labute approximate surface area is 149 Å². The summed E-state index contributed by atoms with van der Waals surface area (Å²) in [6.07, 6.45) is 5.45. The van der Waals surface area contributed by atoms with Crippen molar-refractivity contribution in [1.82, 2.24) is 15.5 Å². The fraction of sp³-hybridized carbons (Fsp3) is 0.562. The monoisotopic (exact) mass is 363 g/mol. The number of rotatable bonds is 4. The molecule has 0 saturated carbocycles. The summed E-state index contributed by atoms with van der Waals surface area (Å²) >= 11 is 1.42. The summed E-state index contributed by atoms with van der Waals surface area (Å²) in [5.74, 6) is 0.135. The van der Waals surface area contributed by atoms with Gasteiger partial charge in [-0.05, 0) is 37.8 Å². The second-order valence-corrected chi connectivity index (χ2v) is 7.55. The molecule has 0 radical (unpaired) electrons. The number of nitrogens with zero attached hydrogens (tertiary/aromatic N) is 3. The zero-order chi connectivity index (χ0) is 17.3. The van der Waals surface area contributed by atoms with Crippen LogP contribution in [0.3, 0.4) is 0 Å². The number of aromatic nitrogens is 2. The molecule has 134 valence electrons. The molecule has 0 aromatic carbocycles. The minimum atomic E-state index is -0.196. The minimum Gasteiger partial charge on any atom is -0.459 e.